The maximum Gasteiger partial charge on any atom is 0.344 e. The van der Waals surface area contributed by atoms with Crippen LogP contribution >= 0.6 is 11.3 Å². The molecule has 0 unspecified atom stereocenters. The van der Waals surface area contributed by atoms with E-state index in [2.05, 4.69) is 9.97 Å². The van der Waals surface area contributed by atoms with Crippen LogP contribution in [0.4, 0.5) is 5.82 Å². The molecule has 0 saturated carbocycles. The van der Waals surface area contributed by atoms with Gasteiger partial charge in [-0.15, -0.1) is 11.3 Å². The van der Waals surface area contributed by atoms with Crippen LogP contribution < -0.4 is 10.5 Å². The topological polar surface area (TPSA) is 104 Å². The molecule has 7 nitrogen and oxygen atoms in total. The van der Waals surface area contributed by atoms with Crippen molar-refractivity contribution in [1.82, 2.24) is 9.97 Å². The molecule has 2 aromatic heterocycles. The first-order valence-corrected chi connectivity index (χ1v) is 10.3. The Morgan fingerprint density at radius 2 is 1.90 bits per heavy atom. The van der Waals surface area contributed by atoms with E-state index in [-0.39, 0.29) is 19.0 Å². The van der Waals surface area contributed by atoms with Crippen molar-refractivity contribution in [3.8, 4) is 5.75 Å². The number of ketones is 1. The number of hydrogen-bond donors (Lipinski definition) is 1. The van der Waals surface area contributed by atoms with Crippen molar-refractivity contribution in [3.63, 3.8) is 0 Å². The monoisotopic (exact) mass is 411 g/mol. The number of nitrogen functional groups attached to an aromatic ring is 1. The number of ether oxygens (including phenoxy) is 2. The molecule has 0 aliphatic heterocycles. The van der Waals surface area contributed by atoms with E-state index in [1.807, 2.05) is 0 Å². The summed E-state index contributed by atoms with van der Waals surface area (Å²) in [6, 6.07) is 6.57. The minimum absolute atomic E-state index is 0.0289. The van der Waals surface area contributed by atoms with Gasteiger partial charge >= 0.3 is 5.97 Å². The summed E-state index contributed by atoms with van der Waals surface area (Å²) in [4.78, 5) is 34.3. The number of nitrogens with two attached hydrogens (primary N) is 1. The van der Waals surface area contributed by atoms with Crippen LogP contribution in [0.2, 0.25) is 0 Å². The molecule has 3 aromatic rings. The second kappa shape index (κ2) is 8.16. The zero-order chi connectivity index (χ0) is 20.4. The molecular formula is C21H21N3O4S. The Bertz CT molecular complexity index is 1080. The van der Waals surface area contributed by atoms with Gasteiger partial charge in [-0.1, -0.05) is 0 Å². The van der Waals surface area contributed by atoms with Gasteiger partial charge in [0.15, 0.2) is 24.8 Å². The van der Waals surface area contributed by atoms with E-state index in [1.54, 1.807) is 35.6 Å². The third-order valence-electron chi connectivity index (χ3n) is 4.87. The summed E-state index contributed by atoms with van der Waals surface area (Å²) in [5, 5.41) is 0.956. The summed E-state index contributed by atoms with van der Waals surface area (Å²) in [5.41, 5.74) is 8.03. The van der Waals surface area contributed by atoms with Crippen molar-refractivity contribution in [3.05, 3.63) is 46.1 Å². The lowest BCUT2D eigenvalue weighted by Gasteiger charge is -2.11. The minimum atomic E-state index is -0.534. The third kappa shape index (κ3) is 4.22. The number of rotatable bonds is 6. The van der Waals surface area contributed by atoms with E-state index in [0.29, 0.717) is 23.0 Å². The van der Waals surface area contributed by atoms with Gasteiger partial charge in [-0.2, -0.15) is 0 Å². The fourth-order valence-corrected chi connectivity index (χ4v) is 4.70. The lowest BCUT2D eigenvalue weighted by molar-refractivity contribution is -0.147. The van der Waals surface area contributed by atoms with E-state index in [1.165, 1.54) is 23.8 Å². The second-order valence-electron chi connectivity index (χ2n) is 6.95. The molecule has 1 aliphatic carbocycles. The third-order valence-corrected chi connectivity index (χ3v) is 6.05. The maximum absolute atomic E-state index is 12.0. The Kier molecular flexibility index (Phi) is 5.44. The zero-order valence-electron chi connectivity index (χ0n) is 16.1. The Hall–Kier alpha value is -3.00. The van der Waals surface area contributed by atoms with Crippen molar-refractivity contribution < 1.29 is 19.1 Å². The van der Waals surface area contributed by atoms with Crippen molar-refractivity contribution in [2.45, 2.75) is 39.2 Å². The van der Waals surface area contributed by atoms with Gasteiger partial charge in [0, 0.05) is 10.4 Å². The number of Topliss-reactive ketones (excluding diaryl/α,β-unsaturated/α-hetero) is 1. The highest BCUT2D eigenvalue weighted by Crippen LogP contribution is 2.37. The Balaban J connectivity index is 1.36. The van der Waals surface area contributed by atoms with E-state index < -0.39 is 5.97 Å². The van der Waals surface area contributed by atoms with Gasteiger partial charge in [0.05, 0.1) is 5.39 Å². The van der Waals surface area contributed by atoms with Crippen LogP contribution in [0.3, 0.4) is 0 Å². The molecule has 8 heteroatoms. The SMILES string of the molecule is CC(=O)c1ccc(OCC(=O)OCc2nc(N)c3c4c(sc3n2)CCCC4)cc1. The first-order chi connectivity index (χ1) is 14.0. The zero-order valence-corrected chi connectivity index (χ0v) is 16.9. The largest absolute Gasteiger partial charge is 0.482 e. The number of carbonyl (C=O) groups excluding carboxylic acids is 2. The van der Waals surface area contributed by atoms with E-state index >= 15 is 0 Å². The van der Waals surface area contributed by atoms with Crippen LogP contribution in [0.15, 0.2) is 24.3 Å². The van der Waals surface area contributed by atoms with Gasteiger partial charge in [0.2, 0.25) is 0 Å². The quantitative estimate of drug-likeness (QED) is 0.489. The molecule has 2 heterocycles. The Morgan fingerprint density at radius 3 is 2.66 bits per heavy atom. The molecular weight excluding hydrogens is 390 g/mol. The number of nitrogens with zero attached hydrogens (tertiary/aromatic N) is 2. The predicted octanol–water partition coefficient (Wildman–Crippen LogP) is 3.48. The highest BCUT2D eigenvalue weighted by Gasteiger charge is 2.20. The second-order valence-corrected chi connectivity index (χ2v) is 8.03. The number of aromatic nitrogens is 2. The van der Waals surface area contributed by atoms with Crippen LogP contribution in [0, 0.1) is 0 Å². The predicted molar refractivity (Wildman–Crippen MR) is 110 cm³/mol. The molecule has 0 bridgehead atoms. The molecule has 0 amide bonds. The molecule has 29 heavy (non-hydrogen) atoms. The van der Waals surface area contributed by atoms with Gasteiger partial charge in [0.25, 0.3) is 0 Å². The normalized spacial score (nSPS) is 13.1. The highest BCUT2D eigenvalue weighted by atomic mass is 32.1. The summed E-state index contributed by atoms with van der Waals surface area (Å²) in [7, 11) is 0. The summed E-state index contributed by atoms with van der Waals surface area (Å²) in [5.74, 6) is 0.750. The van der Waals surface area contributed by atoms with Gasteiger partial charge in [-0.25, -0.2) is 14.8 Å². The van der Waals surface area contributed by atoms with E-state index in [0.717, 1.165) is 29.5 Å². The number of carbonyl (C=O) groups is 2. The van der Waals surface area contributed by atoms with Crippen molar-refractivity contribution in [2.75, 3.05) is 12.3 Å². The van der Waals surface area contributed by atoms with E-state index in [9.17, 15) is 9.59 Å². The number of benzene rings is 1. The van der Waals surface area contributed by atoms with Gasteiger partial charge < -0.3 is 15.2 Å². The molecule has 0 spiro atoms. The minimum Gasteiger partial charge on any atom is -0.482 e. The molecule has 0 saturated heterocycles. The Labute approximate surface area is 171 Å². The summed E-state index contributed by atoms with van der Waals surface area (Å²) < 4.78 is 10.6. The number of thiophene rings is 1. The average Bonchev–Trinajstić information content (AvgIpc) is 3.10. The number of anilines is 1. The summed E-state index contributed by atoms with van der Waals surface area (Å²) >= 11 is 1.65. The number of hydrogen-bond acceptors (Lipinski definition) is 8. The lowest BCUT2D eigenvalue weighted by Crippen LogP contribution is -2.16. The van der Waals surface area contributed by atoms with Crippen LogP contribution in [0.25, 0.3) is 10.2 Å². The number of fused-ring (bicyclic) bond motifs is 3. The van der Waals surface area contributed by atoms with Crippen molar-refractivity contribution in [1.29, 1.82) is 0 Å². The molecule has 150 valence electrons. The van der Waals surface area contributed by atoms with Crippen LogP contribution in [-0.2, 0) is 29.0 Å². The average molecular weight is 411 g/mol. The van der Waals surface area contributed by atoms with Gasteiger partial charge in [-0.3, -0.25) is 4.79 Å². The highest BCUT2D eigenvalue weighted by molar-refractivity contribution is 7.19. The summed E-state index contributed by atoms with van der Waals surface area (Å²) in [6.07, 6.45) is 4.43. The first kappa shape index (κ1) is 19.3. The van der Waals surface area contributed by atoms with Crippen LogP contribution in [0.5, 0.6) is 5.75 Å². The standard InChI is InChI=1S/C21H21N3O4S/c1-12(25)13-6-8-14(9-7-13)27-11-18(26)28-10-17-23-20(22)19-15-4-2-3-5-16(15)29-21(19)24-17/h6-9H,2-5,10-11H2,1H3,(H2,22,23,24). The molecule has 4 rings (SSSR count). The molecule has 0 radical (unpaired) electrons. The summed E-state index contributed by atoms with van der Waals surface area (Å²) in [6.45, 7) is 1.18. The van der Waals surface area contributed by atoms with Crippen LogP contribution in [0.1, 0.15) is 46.4 Å². The Morgan fingerprint density at radius 1 is 1.14 bits per heavy atom. The molecule has 1 aromatic carbocycles. The van der Waals surface area contributed by atoms with Crippen LogP contribution in [-0.4, -0.2) is 28.3 Å². The maximum atomic E-state index is 12.0. The van der Waals surface area contributed by atoms with Crippen molar-refractivity contribution >= 4 is 39.1 Å². The van der Waals surface area contributed by atoms with Crippen molar-refractivity contribution in [2.24, 2.45) is 0 Å². The molecule has 0 fully saturated rings. The lowest BCUT2D eigenvalue weighted by atomic mass is 9.97. The van der Waals surface area contributed by atoms with E-state index in [4.69, 9.17) is 15.2 Å². The molecule has 1 aliphatic rings. The fraction of sp³-hybridized carbons (Fsp3) is 0.333. The molecule has 0 atom stereocenters. The van der Waals surface area contributed by atoms with Gasteiger partial charge in [0.1, 0.15) is 16.4 Å². The molecule has 2 N–H and O–H groups in total. The number of esters is 1. The first-order valence-electron chi connectivity index (χ1n) is 9.47. The van der Waals surface area contributed by atoms with Gasteiger partial charge in [-0.05, 0) is 62.4 Å². The fourth-order valence-electron chi connectivity index (χ4n) is 3.41. The smallest absolute Gasteiger partial charge is 0.344 e. The number of aryl methyl sites for hydroxylation is 2.